The van der Waals surface area contributed by atoms with E-state index in [0.29, 0.717) is 0 Å². The fraction of sp³-hybridized carbons (Fsp3) is 0.727. The first kappa shape index (κ1) is 13.8. The lowest BCUT2D eigenvalue weighted by Crippen LogP contribution is -2.60. The van der Waals surface area contributed by atoms with Crippen LogP contribution in [0.1, 0.15) is 19.8 Å². The van der Waals surface area contributed by atoms with Crippen LogP contribution in [0, 0.1) is 0 Å². The number of hydroxylamine groups is 2. The fourth-order valence-corrected chi connectivity index (χ4v) is 2.20. The topological polar surface area (TPSA) is 99.2 Å². The van der Waals surface area contributed by atoms with E-state index in [2.05, 4.69) is 5.32 Å². The molecule has 0 aliphatic carbocycles. The molecule has 0 bridgehead atoms. The molecule has 0 spiro atoms. The molecule has 2 fully saturated rings. The average molecular weight is 271 g/mol. The van der Waals surface area contributed by atoms with E-state index in [9.17, 15) is 19.6 Å². The van der Waals surface area contributed by atoms with Gasteiger partial charge in [-0.25, -0.2) is 9.59 Å². The third kappa shape index (κ3) is 2.41. The largest absolute Gasteiger partial charge is 0.464 e. The molecule has 2 unspecified atom stereocenters. The second-order valence-corrected chi connectivity index (χ2v) is 4.55. The molecule has 2 rings (SSSR count). The predicted molar refractivity (Wildman–Crippen MR) is 62.2 cm³/mol. The van der Waals surface area contributed by atoms with E-state index >= 15 is 0 Å². The minimum Gasteiger partial charge on any atom is -0.464 e. The molecule has 2 saturated heterocycles. The number of hydrogen-bond acceptors (Lipinski definition) is 6. The Labute approximate surface area is 110 Å². The van der Waals surface area contributed by atoms with Crippen LogP contribution in [0.5, 0.6) is 0 Å². The summed E-state index contributed by atoms with van der Waals surface area (Å²) in [4.78, 5) is 36.3. The number of nitrogens with zero attached hydrogens (tertiary/aromatic N) is 2. The van der Waals surface area contributed by atoms with Crippen molar-refractivity contribution < 1.29 is 24.3 Å². The highest BCUT2D eigenvalue weighted by atomic mass is 16.5. The number of hydrogen-bond donors (Lipinski definition) is 2. The maximum absolute atomic E-state index is 11.9. The van der Waals surface area contributed by atoms with Gasteiger partial charge in [0, 0.05) is 13.1 Å². The van der Waals surface area contributed by atoms with Gasteiger partial charge in [0.05, 0.1) is 6.61 Å². The standard InChI is InChI=1S/C11H17N3O5/c1-2-3-4-19-10(16)8-6-12-5-7-9(15)14(18)11(17)13(7)8/h7-8,12,18H,2-6H2,1H3. The third-order valence-electron chi connectivity index (χ3n) is 3.26. The van der Waals surface area contributed by atoms with Crippen molar-refractivity contribution in [2.75, 3.05) is 19.7 Å². The van der Waals surface area contributed by atoms with Gasteiger partial charge >= 0.3 is 12.0 Å². The molecule has 2 heterocycles. The Hall–Kier alpha value is -1.67. The number of piperazine rings is 1. The van der Waals surface area contributed by atoms with Crippen molar-refractivity contribution in [1.29, 1.82) is 0 Å². The minimum absolute atomic E-state index is 0.0595. The van der Waals surface area contributed by atoms with Crippen LogP contribution in [0.3, 0.4) is 0 Å². The first-order valence-electron chi connectivity index (χ1n) is 6.30. The Morgan fingerprint density at radius 3 is 2.89 bits per heavy atom. The van der Waals surface area contributed by atoms with Crippen molar-refractivity contribution in [2.24, 2.45) is 0 Å². The lowest BCUT2D eigenvalue weighted by atomic mass is 10.1. The lowest BCUT2D eigenvalue weighted by molar-refractivity contribution is -0.151. The van der Waals surface area contributed by atoms with Gasteiger partial charge in [-0.3, -0.25) is 14.9 Å². The molecular weight excluding hydrogens is 254 g/mol. The molecule has 2 N–H and O–H groups in total. The van der Waals surface area contributed by atoms with Gasteiger partial charge in [0.1, 0.15) is 12.1 Å². The number of amides is 3. The summed E-state index contributed by atoms with van der Waals surface area (Å²) in [5, 5.41) is 12.3. The summed E-state index contributed by atoms with van der Waals surface area (Å²) in [6.07, 6.45) is 1.64. The summed E-state index contributed by atoms with van der Waals surface area (Å²) in [6, 6.07) is -2.58. The van der Waals surface area contributed by atoms with E-state index in [0.717, 1.165) is 17.7 Å². The zero-order chi connectivity index (χ0) is 14.0. The molecule has 8 heteroatoms. The number of rotatable bonds is 4. The fourth-order valence-electron chi connectivity index (χ4n) is 2.20. The number of nitrogens with one attached hydrogen (secondary N) is 1. The second-order valence-electron chi connectivity index (χ2n) is 4.55. The van der Waals surface area contributed by atoms with E-state index in [1.54, 1.807) is 0 Å². The average Bonchev–Trinajstić information content (AvgIpc) is 2.64. The number of urea groups is 1. The number of imide groups is 1. The number of carbonyl (C=O) groups excluding carboxylic acids is 3. The van der Waals surface area contributed by atoms with Crippen LogP contribution in [0.2, 0.25) is 0 Å². The predicted octanol–water partition coefficient (Wildman–Crippen LogP) is -0.676. The monoisotopic (exact) mass is 271 g/mol. The molecule has 3 amide bonds. The maximum Gasteiger partial charge on any atom is 0.352 e. The zero-order valence-electron chi connectivity index (χ0n) is 10.7. The molecule has 2 aliphatic heterocycles. The number of ether oxygens (including phenoxy) is 1. The highest BCUT2D eigenvalue weighted by Gasteiger charge is 2.52. The smallest absolute Gasteiger partial charge is 0.352 e. The van der Waals surface area contributed by atoms with Crippen LogP contribution in [0.4, 0.5) is 4.79 Å². The molecule has 106 valence electrons. The van der Waals surface area contributed by atoms with E-state index in [-0.39, 0.29) is 24.8 Å². The molecule has 0 aromatic carbocycles. The van der Waals surface area contributed by atoms with E-state index in [1.807, 2.05) is 6.92 Å². The summed E-state index contributed by atoms with van der Waals surface area (Å²) in [5.74, 6) is -1.27. The molecule has 0 saturated carbocycles. The zero-order valence-corrected chi connectivity index (χ0v) is 10.7. The van der Waals surface area contributed by atoms with Crippen molar-refractivity contribution in [3.63, 3.8) is 0 Å². The van der Waals surface area contributed by atoms with Gasteiger partial charge in [-0.15, -0.1) is 5.06 Å². The van der Waals surface area contributed by atoms with Crippen LogP contribution in [0.25, 0.3) is 0 Å². The molecular formula is C11H17N3O5. The Morgan fingerprint density at radius 1 is 1.47 bits per heavy atom. The lowest BCUT2D eigenvalue weighted by Gasteiger charge is -2.33. The normalized spacial score (nSPS) is 26.6. The quantitative estimate of drug-likeness (QED) is 0.304. The Morgan fingerprint density at radius 2 is 2.21 bits per heavy atom. The molecule has 2 atom stereocenters. The summed E-state index contributed by atoms with van der Waals surface area (Å²) in [6.45, 7) is 2.70. The number of esters is 1. The summed E-state index contributed by atoms with van der Waals surface area (Å²) in [5.41, 5.74) is 0. The number of fused-ring (bicyclic) bond motifs is 1. The van der Waals surface area contributed by atoms with Crippen molar-refractivity contribution >= 4 is 17.9 Å². The van der Waals surface area contributed by atoms with Crippen LogP contribution in [0.15, 0.2) is 0 Å². The van der Waals surface area contributed by atoms with Crippen LogP contribution < -0.4 is 5.32 Å². The Bertz CT molecular complexity index is 400. The van der Waals surface area contributed by atoms with Gasteiger partial charge in [0.2, 0.25) is 0 Å². The first-order valence-corrected chi connectivity index (χ1v) is 6.30. The van der Waals surface area contributed by atoms with Gasteiger partial charge in [-0.05, 0) is 6.42 Å². The first-order chi connectivity index (χ1) is 9.07. The van der Waals surface area contributed by atoms with Crippen LogP contribution in [-0.4, -0.2) is 64.9 Å². The summed E-state index contributed by atoms with van der Waals surface area (Å²) >= 11 is 0. The second kappa shape index (κ2) is 5.54. The molecule has 0 aromatic heterocycles. The van der Waals surface area contributed by atoms with Gasteiger partial charge in [-0.2, -0.15) is 0 Å². The van der Waals surface area contributed by atoms with E-state index < -0.39 is 30.0 Å². The molecule has 19 heavy (non-hydrogen) atoms. The molecule has 0 radical (unpaired) electrons. The van der Waals surface area contributed by atoms with Crippen molar-refractivity contribution in [3.05, 3.63) is 0 Å². The van der Waals surface area contributed by atoms with Gasteiger partial charge in [-0.1, -0.05) is 13.3 Å². The summed E-state index contributed by atoms with van der Waals surface area (Å²) < 4.78 is 5.06. The maximum atomic E-state index is 11.9. The number of carbonyl (C=O) groups is 3. The molecule has 8 nitrogen and oxygen atoms in total. The highest BCUT2D eigenvalue weighted by molar-refractivity contribution is 6.04. The molecule has 0 aromatic rings. The minimum atomic E-state index is -0.871. The highest BCUT2D eigenvalue weighted by Crippen LogP contribution is 2.22. The number of unbranched alkanes of at least 4 members (excludes halogenated alkanes) is 1. The van der Waals surface area contributed by atoms with Crippen molar-refractivity contribution in [3.8, 4) is 0 Å². The van der Waals surface area contributed by atoms with E-state index in [4.69, 9.17) is 4.74 Å². The SMILES string of the molecule is CCCCOC(=O)C1CNCC2C(=O)N(O)C(=O)N12. The van der Waals surface area contributed by atoms with Crippen molar-refractivity contribution in [2.45, 2.75) is 31.8 Å². The van der Waals surface area contributed by atoms with Crippen LogP contribution >= 0.6 is 0 Å². The van der Waals surface area contributed by atoms with Crippen LogP contribution in [-0.2, 0) is 14.3 Å². The third-order valence-corrected chi connectivity index (χ3v) is 3.26. The van der Waals surface area contributed by atoms with Gasteiger partial charge in [0.25, 0.3) is 5.91 Å². The van der Waals surface area contributed by atoms with Crippen molar-refractivity contribution in [1.82, 2.24) is 15.3 Å². The Kier molecular flexibility index (Phi) is 4.01. The Balaban J connectivity index is 2.07. The van der Waals surface area contributed by atoms with Gasteiger partial charge < -0.3 is 10.1 Å². The van der Waals surface area contributed by atoms with E-state index in [1.165, 1.54) is 0 Å². The van der Waals surface area contributed by atoms with Gasteiger partial charge in [0.15, 0.2) is 0 Å². The molecule has 2 aliphatic rings. The summed E-state index contributed by atoms with van der Waals surface area (Å²) in [7, 11) is 0.